The Morgan fingerprint density at radius 2 is 1.69 bits per heavy atom. The Labute approximate surface area is 150 Å². The van der Waals surface area contributed by atoms with E-state index in [9.17, 15) is 14.4 Å². The molecule has 0 saturated heterocycles. The third kappa shape index (κ3) is 5.17. The highest BCUT2D eigenvalue weighted by Crippen LogP contribution is 2.06. The Morgan fingerprint density at radius 3 is 2.19 bits per heavy atom. The Hall–Kier alpha value is -3.68. The number of amides is 4. The molecule has 0 saturated carbocycles. The minimum Gasteiger partial charge on any atom is -0.366 e. The summed E-state index contributed by atoms with van der Waals surface area (Å²) in [7, 11) is 1.62. The second-order valence-electron chi connectivity index (χ2n) is 5.24. The first-order valence-electron chi connectivity index (χ1n) is 7.79. The number of nitrogens with two attached hydrogens (primary N) is 1. The van der Waals surface area contributed by atoms with E-state index in [0.29, 0.717) is 23.4 Å². The van der Waals surface area contributed by atoms with E-state index in [4.69, 9.17) is 5.73 Å². The van der Waals surface area contributed by atoms with Gasteiger partial charge in [0.15, 0.2) is 0 Å². The normalized spacial score (nSPS) is 12.5. The number of hydrogen-bond acceptors (Lipinski definition) is 4. The van der Waals surface area contributed by atoms with Crippen LogP contribution in [0.5, 0.6) is 0 Å². The van der Waals surface area contributed by atoms with E-state index in [-0.39, 0.29) is 11.9 Å². The molecule has 1 heterocycles. The largest absolute Gasteiger partial charge is 0.366 e. The van der Waals surface area contributed by atoms with Crippen LogP contribution in [0.4, 0.5) is 4.79 Å². The predicted octanol–water partition coefficient (Wildman–Crippen LogP) is 0.849. The molecule has 0 aliphatic carbocycles. The van der Waals surface area contributed by atoms with Gasteiger partial charge in [-0.1, -0.05) is 30.3 Å². The molecule has 4 amide bonds. The van der Waals surface area contributed by atoms with Crippen LogP contribution in [0.25, 0.3) is 0 Å². The van der Waals surface area contributed by atoms with E-state index in [0.717, 1.165) is 5.56 Å². The van der Waals surface area contributed by atoms with Crippen molar-refractivity contribution < 1.29 is 14.4 Å². The SMILES string of the molecule is CNC(=O)c1ccccc1.NC(=O)c1ccc(C2=NNC(=O)NC2)cc1. The molecule has 0 bridgehead atoms. The van der Waals surface area contributed by atoms with Gasteiger partial charge >= 0.3 is 6.03 Å². The van der Waals surface area contributed by atoms with Crippen LogP contribution in [-0.2, 0) is 0 Å². The quantitative estimate of drug-likeness (QED) is 0.653. The lowest BCUT2D eigenvalue weighted by Crippen LogP contribution is -2.42. The number of hydrogen-bond donors (Lipinski definition) is 4. The summed E-state index contributed by atoms with van der Waals surface area (Å²) in [6.07, 6.45) is 0. The second kappa shape index (κ2) is 8.97. The van der Waals surface area contributed by atoms with Crippen LogP contribution in [0.15, 0.2) is 59.7 Å². The Morgan fingerprint density at radius 1 is 1.04 bits per heavy atom. The number of rotatable bonds is 3. The average molecular weight is 353 g/mol. The first-order chi connectivity index (χ1) is 12.5. The highest BCUT2D eigenvalue weighted by atomic mass is 16.2. The van der Waals surface area contributed by atoms with Gasteiger partial charge in [-0.25, -0.2) is 10.2 Å². The Kier molecular flexibility index (Phi) is 6.44. The van der Waals surface area contributed by atoms with Crippen molar-refractivity contribution in [2.45, 2.75) is 0 Å². The lowest BCUT2D eigenvalue weighted by molar-refractivity contribution is 0.0961. The molecule has 0 radical (unpaired) electrons. The summed E-state index contributed by atoms with van der Waals surface area (Å²) >= 11 is 0. The number of urea groups is 1. The average Bonchev–Trinajstić information content (AvgIpc) is 2.69. The van der Waals surface area contributed by atoms with Gasteiger partial charge in [-0.15, -0.1) is 0 Å². The fraction of sp³-hybridized carbons (Fsp3) is 0.111. The van der Waals surface area contributed by atoms with E-state index < -0.39 is 5.91 Å². The van der Waals surface area contributed by atoms with Crippen LogP contribution >= 0.6 is 0 Å². The standard InChI is InChI=1S/C10H10N4O2.C8H9NO/c11-9(15)7-3-1-6(2-4-7)8-5-12-10(16)14-13-8;1-9-8(10)7-5-3-2-4-6-7/h1-4H,5H2,(H2,11,15)(H2,12,14,16);2-6H,1H3,(H,9,10). The van der Waals surface area contributed by atoms with E-state index in [1.165, 1.54) is 0 Å². The number of hydrazone groups is 1. The van der Waals surface area contributed by atoms with Gasteiger partial charge in [0.2, 0.25) is 5.91 Å². The van der Waals surface area contributed by atoms with Gasteiger partial charge in [-0.2, -0.15) is 5.10 Å². The molecule has 134 valence electrons. The van der Waals surface area contributed by atoms with Gasteiger partial charge in [-0.05, 0) is 29.8 Å². The van der Waals surface area contributed by atoms with Crippen LogP contribution < -0.4 is 21.8 Å². The Balaban J connectivity index is 0.000000209. The van der Waals surface area contributed by atoms with E-state index in [1.54, 1.807) is 43.4 Å². The van der Waals surface area contributed by atoms with Gasteiger partial charge in [0.1, 0.15) is 0 Å². The molecule has 0 aromatic heterocycles. The molecule has 0 spiro atoms. The molecule has 1 aliphatic rings. The highest BCUT2D eigenvalue weighted by Gasteiger charge is 2.12. The molecule has 0 atom stereocenters. The molecule has 2 aromatic rings. The van der Waals surface area contributed by atoms with Crippen LogP contribution in [-0.4, -0.2) is 37.1 Å². The molecular weight excluding hydrogens is 334 g/mol. The topological polar surface area (TPSA) is 126 Å². The van der Waals surface area contributed by atoms with E-state index >= 15 is 0 Å². The summed E-state index contributed by atoms with van der Waals surface area (Å²) in [6, 6.07) is 15.5. The molecule has 1 aliphatic heterocycles. The number of benzene rings is 2. The van der Waals surface area contributed by atoms with Crippen molar-refractivity contribution in [3.8, 4) is 0 Å². The molecule has 8 heteroatoms. The van der Waals surface area contributed by atoms with Gasteiger partial charge in [0.25, 0.3) is 5.91 Å². The minimum atomic E-state index is -0.469. The first-order valence-corrected chi connectivity index (χ1v) is 7.79. The van der Waals surface area contributed by atoms with Gasteiger partial charge in [-0.3, -0.25) is 9.59 Å². The second-order valence-corrected chi connectivity index (χ2v) is 5.24. The maximum atomic E-state index is 10.9. The number of nitrogens with one attached hydrogen (secondary N) is 3. The number of nitrogens with zero attached hydrogens (tertiary/aromatic N) is 1. The fourth-order valence-electron chi connectivity index (χ4n) is 2.09. The van der Waals surface area contributed by atoms with Gasteiger partial charge < -0.3 is 16.4 Å². The summed E-state index contributed by atoms with van der Waals surface area (Å²) in [5.41, 5.74) is 10.1. The maximum Gasteiger partial charge on any atom is 0.335 e. The minimum absolute atomic E-state index is 0.0411. The summed E-state index contributed by atoms with van der Waals surface area (Å²) in [5, 5.41) is 9.03. The Bertz CT molecular complexity index is 816. The number of primary amides is 1. The zero-order valence-corrected chi connectivity index (χ0v) is 14.2. The van der Waals surface area contributed by atoms with Crippen LogP contribution in [0.1, 0.15) is 26.3 Å². The van der Waals surface area contributed by atoms with Crippen LogP contribution in [0, 0.1) is 0 Å². The molecule has 2 aromatic carbocycles. The fourth-order valence-corrected chi connectivity index (χ4v) is 2.09. The van der Waals surface area contributed by atoms with Crippen LogP contribution in [0.2, 0.25) is 0 Å². The lowest BCUT2D eigenvalue weighted by atomic mass is 10.1. The lowest BCUT2D eigenvalue weighted by Gasteiger charge is -2.13. The first kappa shape index (κ1) is 18.7. The molecule has 26 heavy (non-hydrogen) atoms. The van der Waals surface area contributed by atoms with Crippen molar-refractivity contribution in [1.82, 2.24) is 16.1 Å². The predicted molar refractivity (Wildman–Crippen MR) is 97.9 cm³/mol. The molecule has 8 nitrogen and oxygen atoms in total. The number of carbonyl (C=O) groups excluding carboxylic acids is 3. The van der Waals surface area contributed by atoms with Crippen molar-refractivity contribution in [3.05, 3.63) is 71.3 Å². The monoisotopic (exact) mass is 353 g/mol. The zero-order valence-electron chi connectivity index (χ0n) is 14.2. The van der Waals surface area contributed by atoms with Gasteiger partial charge in [0.05, 0.1) is 12.3 Å². The van der Waals surface area contributed by atoms with Gasteiger partial charge in [0, 0.05) is 18.2 Å². The van der Waals surface area contributed by atoms with E-state index in [2.05, 4.69) is 21.2 Å². The third-order valence-corrected chi connectivity index (χ3v) is 3.47. The van der Waals surface area contributed by atoms with Crippen molar-refractivity contribution in [1.29, 1.82) is 0 Å². The molecule has 5 N–H and O–H groups in total. The van der Waals surface area contributed by atoms with Crippen LogP contribution in [0.3, 0.4) is 0 Å². The number of carbonyl (C=O) groups is 3. The summed E-state index contributed by atoms with van der Waals surface area (Å²) in [4.78, 5) is 32.5. The molecule has 3 rings (SSSR count). The van der Waals surface area contributed by atoms with Crippen molar-refractivity contribution in [3.63, 3.8) is 0 Å². The van der Waals surface area contributed by atoms with Crippen molar-refractivity contribution in [2.75, 3.05) is 13.6 Å². The summed E-state index contributed by atoms with van der Waals surface area (Å²) in [6.45, 7) is 0.363. The summed E-state index contributed by atoms with van der Waals surface area (Å²) in [5.74, 6) is -0.510. The zero-order chi connectivity index (χ0) is 18.9. The van der Waals surface area contributed by atoms with Crippen molar-refractivity contribution in [2.24, 2.45) is 10.8 Å². The summed E-state index contributed by atoms with van der Waals surface area (Å²) < 4.78 is 0. The van der Waals surface area contributed by atoms with Crippen molar-refractivity contribution >= 4 is 23.6 Å². The molecular formula is C18H19N5O3. The van der Waals surface area contributed by atoms with E-state index in [1.807, 2.05) is 18.2 Å². The maximum absolute atomic E-state index is 10.9. The smallest absolute Gasteiger partial charge is 0.335 e. The highest BCUT2D eigenvalue weighted by molar-refractivity contribution is 6.05. The molecule has 0 fully saturated rings. The third-order valence-electron chi connectivity index (χ3n) is 3.47. The molecule has 0 unspecified atom stereocenters.